The lowest BCUT2D eigenvalue weighted by molar-refractivity contribution is -0.00515. The van der Waals surface area contributed by atoms with E-state index in [1.54, 1.807) is 0 Å². The molecule has 0 atom stereocenters. The van der Waals surface area contributed by atoms with Crippen molar-refractivity contribution in [2.75, 3.05) is 13.2 Å². The third-order valence-electron chi connectivity index (χ3n) is 2.01. The Morgan fingerprint density at radius 1 is 1.56 bits per heavy atom. The number of sulfonamides is 1. The molecule has 2 N–H and O–H groups in total. The van der Waals surface area contributed by atoms with Gasteiger partial charge in [0.25, 0.3) is 0 Å². The van der Waals surface area contributed by atoms with Gasteiger partial charge in [-0.25, -0.2) is 13.1 Å². The minimum Gasteiger partial charge on any atom is -0.375 e. The minimum absolute atomic E-state index is 0.125. The first-order chi connectivity index (χ1) is 7.37. The van der Waals surface area contributed by atoms with E-state index in [4.69, 9.17) is 4.74 Å². The molecule has 7 heteroatoms. The molecule has 0 aliphatic heterocycles. The van der Waals surface area contributed by atoms with E-state index in [0.717, 1.165) is 0 Å². The van der Waals surface area contributed by atoms with E-state index in [9.17, 15) is 8.42 Å². The van der Waals surface area contributed by atoms with Crippen molar-refractivity contribution in [2.45, 2.75) is 31.3 Å². The van der Waals surface area contributed by atoms with Crippen molar-refractivity contribution in [3.8, 4) is 0 Å². The molecule has 1 heterocycles. The summed E-state index contributed by atoms with van der Waals surface area (Å²) in [6.07, 6.45) is 2.59. The fourth-order valence-corrected chi connectivity index (χ4v) is 2.28. The molecule has 0 unspecified atom stereocenters. The zero-order valence-electron chi connectivity index (χ0n) is 9.65. The Kier molecular flexibility index (Phi) is 4.06. The quantitative estimate of drug-likeness (QED) is 0.767. The number of rotatable bonds is 6. The van der Waals surface area contributed by atoms with Crippen LogP contribution in [0.15, 0.2) is 17.3 Å². The maximum absolute atomic E-state index is 11.7. The van der Waals surface area contributed by atoms with Gasteiger partial charge in [-0.3, -0.25) is 5.10 Å². The molecule has 1 aromatic rings. The van der Waals surface area contributed by atoms with Crippen LogP contribution in [0.5, 0.6) is 0 Å². The van der Waals surface area contributed by atoms with E-state index in [1.807, 2.05) is 20.8 Å². The summed E-state index contributed by atoms with van der Waals surface area (Å²) in [5.74, 6) is 0. The smallest absolute Gasteiger partial charge is 0.243 e. The summed E-state index contributed by atoms with van der Waals surface area (Å²) in [6, 6.07) is 0. The zero-order chi connectivity index (χ0) is 12.2. The maximum atomic E-state index is 11.7. The molecule has 1 rings (SSSR count). The van der Waals surface area contributed by atoms with Gasteiger partial charge in [0.2, 0.25) is 10.0 Å². The van der Waals surface area contributed by atoms with Gasteiger partial charge >= 0.3 is 0 Å². The highest BCUT2D eigenvalue weighted by Crippen LogP contribution is 2.10. The van der Waals surface area contributed by atoms with Gasteiger partial charge in [-0.2, -0.15) is 5.10 Å². The normalized spacial score (nSPS) is 12.9. The number of ether oxygens (including phenoxy) is 1. The number of nitrogens with zero attached hydrogens (tertiary/aromatic N) is 1. The molecule has 0 spiro atoms. The van der Waals surface area contributed by atoms with Gasteiger partial charge in [0.15, 0.2) is 0 Å². The van der Waals surface area contributed by atoms with E-state index >= 15 is 0 Å². The number of aromatic amines is 1. The van der Waals surface area contributed by atoms with Crippen molar-refractivity contribution < 1.29 is 13.2 Å². The lowest BCUT2D eigenvalue weighted by atomic mass is 10.1. The highest BCUT2D eigenvalue weighted by molar-refractivity contribution is 7.89. The second-order valence-corrected chi connectivity index (χ2v) is 5.72. The van der Waals surface area contributed by atoms with E-state index in [2.05, 4.69) is 14.9 Å². The van der Waals surface area contributed by atoms with E-state index in [-0.39, 0.29) is 11.4 Å². The van der Waals surface area contributed by atoms with Gasteiger partial charge in [0, 0.05) is 19.3 Å². The summed E-state index contributed by atoms with van der Waals surface area (Å²) in [7, 11) is -3.49. The Morgan fingerprint density at radius 3 is 2.75 bits per heavy atom. The van der Waals surface area contributed by atoms with Gasteiger partial charge in [-0.05, 0) is 20.8 Å². The standard InChI is InChI=1S/C9H17N3O3S/c1-4-15-9(2,3)7-12-16(13,14)8-5-10-11-6-8/h5-6,12H,4,7H2,1-3H3,(H,10,11). The van der Waals surface area contributed by atoms with Crippen molar-refractivity contribution in [2.24, 2.45) is 0 Å². The molecule has 0 aliphatic rings. The predicted octanol–water partition coefficient (Wildman–Crippen LogP) is 0.503. The van der Waals surface area contributed by atoms with Crippen molar-refractivity contribution in [3.05, 3.63) is 12.4 Å². The number of nitrogens with one attached hydrogen (secondary N) is 2. The highest BCUT2D eigenvalue weighted by Gasteiger charge is 2.22. The molecule has 0 radical (unpaired) electrons. The van der Waals surface area contributed by atoms with Crippen LogP contribution < -0.4 is 4.72 Å². The molecule has 0 fully saturated rings. The van der Waals surface area contributed by atoms with Crippen LogP contribution in [0.25, 0.3) is 0 Å². The molecule has 0 aliphatic carbocycles. The number of hydrogen-bond donors (Lipinski definition) is 2. The zero-order valence-corrected chi connectivity index (χ0v) is 10.5. The van der Waals surface area contributed by atoms with Gasteiger partial charge < -0.3 is 4.74 Å². The Labute approximate surface area is 95.4 Å². The Morgan fingerprint density at radius 2 is 2.25 bits per heavy atom. The Balaban J connectivity index is 2.62. The van der Waals surface area contributed by atoms with Crippen LogP contribution in [0.2, 0.25) is 0 Å². The van der Waals surface area contributed by atoms with E-state index in [1.165, 1.54) is 12.4 Å². The molecule has 0 amide bonds. The largest absolute Gasteiger partial charge is 0.375 e. The lowest BCUT2D eigenvalue weighted by Crippen LogP contribution is -2.40. The summed E-state index contributed by atoms with van der Waals surface area (Å²) in [5.41, 5.74) is -0.522. The Hall–Kier alpha value is -0.920. The fraction of sp³-hybridized carbons (Fsp3) is 0.667. The monoisotopic (exact) mass is 247 g/mol. The third-order valence-corrected chi connectivity index (χ3v) is 3.37. The summed E-state index contributed by atoms with van der Waals surface area (Å²) in [4.78, 5) is 0.125. The highest BCUT2D eigenvalue weighted by atomic mass is 32.2. The second-order valence-electron chi connectivity index (χ2n) is 3.95. The summed E-state index contributed by atoms with van der Waals surface area (Å²) < 4.78 is 31.3. The molecule has 0 saturated heterocycles. The molecular weight excluding hydrogens is 230 g/mol. The van der Waals surface area contributed by atoms with Gasteiger partial charge in [0.05, 0.1) is 11.8 Å². The average Bonchev–Trinajstić information content (AvgIpc) is 2.68. The van der Waals surface area contributed by atoms with Crippen LogP contribution in [0.1, 0.15) is 20.8 Å². The maximum Gasteiger partial charge on any atom is 0.243 e. The fourth-order valence-electron chi connectivity index (χ4n) is 1.18. The summed E-state index contributed by atoms with van der Waals surface area (Å²) in [5, 5.41) is 6.05. The van der Waals surface area contributed by atoms with E-state index < -0.39 is 15.6 Å². The third kappa shape index (κ3) is 3.58. The minimum atomic E-state index is -3.49. The lowest BCUT2D eigenvalue weighted by Gasteiger charge is -2.24. The van der Waals surface area contributed by atoms with Gasteiger partial charge in [-0.1, -0.05) is 0 Å². The summed E-state index contributed by atoms with van der Waals surface area (Å²) in [6.45, 7) is 6.28. The van der Waals surface area contributed by atoms with Crippen LogP contribution in [-0.4, -0.2) is 37.4 Å². The SMILES string of the molecule is CCOC(C)(C)CNS(=O)(=O)c1cn[nH]c1. The van der Waals surface area contributed by atoms with Crippen LogP contribution in [0.4, 0.5) is 0 Å². The van der Waals surface area contributed by atoms with Gasteiger partial charge in [0.1, 0.15) is 4.90 Å². The summed E-state index contributed by atoms with van der Waals surface area (Å²) >= 11 is 0. The number of H-pyrrole nitrogens is 1. The first-order valence-electron chi connectivity index (χ1n) is 5.00. The van der Waals surface area contributed by atoms with Crippen LogP contribution in [0, 0.1) is 0 Å². The molecule has 0 bridgehead atoms. The molecule has 16 heavy (non-hydrogen) atoms. The molecule has 1 aromatic heterocycles. The van der Waals surface area contributed by atoms with Crippen molar-refractivity contribution in [1.29, 1.82) is 0 Å². The molecule has 92 valence electrons. The molecular formula is C9H17N3O3S. The van der Waals surface area contributed by atoms with Gasteiger partial charge in [-0.15, -0.1) is 0 Å². The second kappa shape index (κ2) is 4.94. The number of hydrogen-bond acceptors (Lipinski definition) is 4. The molecule has 0 aromatic carbocycles. The van der Waals surface area contributed by atoms with Crippen molar-refractivity contribution in [1.82, 2.24) is 14.9 Å². The Bertz CT molecular complexity index is 411. The molecule has 6 nitrogen and oxygen atoms in total. The van der Waals surface area contributed by atoms with Crippen molar-refractivity contribution in [3.63, 3.8) is 0 Å². The van der Waals surface area contributed by atoms with Crippen molar-refractivity contribution >= 4 is 10.0 Å². The van der Waals surface area contributed by atoms with Crippen LogP contribution >= 0.6 is 0 Å². The van der Waals surface area contributed by atoms with Crippen LogP contribution in [0.3, 0.4) is 0 Å². The number of aromatic nitrogens is 2. The van der Waals surface area contributed by atoms with Crippen LogP contribution in [-0.2, 0) is 14.8 Å². The van der Waals surface area contributed by atoms with E-state index in [0.29, 0.717) is 6.61 Å². The average molecular weight is 247 g/mol. The topological polar surface area (TPSA) is 84.1 Å². The first kappa shape index (κ1) is 13.1. The molecule has 0 saturated carbocycles. The predicted molar refractivity (Wildman–Crippen MR) is 59.5 cm³/mol. The first-order valence-corrected chi connectivity index (χ1v) is 6.48.